The molecule has 1 unspecified atom stereocenters. The van der Waals surface area contributed by atoms with Crippen molar-refractivity contribution in [3.63, 3.8) is 0 Å². The number of rotatable bonds is 7. The molecule has 12 heteroatoms. The van der Waals surface area contributed by atoms with Gasteiger partial charge in [-0.15, -0.1) is 0 Å². The Morgan fingerprint density at radius 3 is 2.64 bits per heavy atom. The van der Waals surface area contributed by atoms with Crippen LogP contribution in [0, 0.1) is 17.5 Å². The quantitative estimate of drug-likeness (QED) is 0.423. The van der Waals surface area contributed by atoms with Gasteiger partial charge in [0.25, 0.3) is 0 Å². The fourth-order valence-electron chi connectivity index (χ4n) is 4.84. The van der Waals surface area contributed by atoms with E-state index in [2.05, 4.69) is 15.3 Å². The lowest BCUT2D eigenvalue weighted by molar-refractivity contribution is 0.285. The molecule has 0 amide bonds. The van der Waals surface area contributed by atoms with Crippen molar-refractivity contribution in [2.24, 2.45) is 0 Å². The molecule has 3 heterocycles. The molecule has 0 saturated carbocycles. The Kier molecular flexibility index (Phi) is 7.68. The summed E-state index contributed by atoms with van der Waals surface area (Å²) in [7, 11) is -3.39. The summed E-state index contributed by atoms with van der Waals surface area (Å²) in [6.07, 6.45) is 3.15. The lowest BCUT2D eigenvalue weighted by Crippen LogP contribution is -2.39. The number of fused-ring (bicyclic) bond motifs is 1. The Morgan fingerprint density at radius 2 is 1.90 bits per heavy atom. The summed E-state index contributed by atoms with van der Waals surface area (Å²) in [5.41, 5.74) is 1.17. The first-order valence-electron chi connectivity index (χ1n) is 13.0. The molecule has 3 aromatic rings. The third-order valence-electron chi connectivity index (χ3n) is 7.16. The van der Waals surface area contributed by atoms with E-state index >= 15 is 4.39 Å². The first-order valence-corrected chi connectivity index (χ1v) is 14.6. The first-order chi connectivity index (χ1) is 18.7. The van der Waals surface area contributed by atoms with E-state index in [0.29, 0.717) is 37.5 Å². The summed E-state index contributed by atoms with van der Waals surface area (Å²) in [5, 5.41) is 2.85. The Hall–Kier alpha value is -3.38. The Labute approximate surface area is 225 Å². The van der Waals surface area contributed by atoms with E-state index < -0.39 is 27.5 Å². The number of sulfonamides is 1. The maximum Gasteiger partial charge on any atom is 0.227 e. The van der Waals surface area contributed by atoms with Crippen molar-refractivity contribution in [2.75, 3.05) is 35.7 Å². The summed E-state index contributed by atoms with van der Waals surface area (Å²) in [4.78, 5) is 10.2. The molecule has 0 aliphatic carbocycles. The van der Waals surface area contributed by atoms with Crippen molar-refractivity contribution in [1.82, 2.24) is 14.3 Å². The average Bonchev–Trinajstić information content (AvgIpc) is 2.91. The van der Waals surface area contributed by atoms with E-state index in [0.717, 1.165) is 19.0 Å². The van der Waals surface area contributed by atoms with E-state index in [-0.39, 0.29) is 46.9 Å². The number of aromatic nitrogens is 2. The zero-order valence-electron chi connectivity index (χ0n) is 21.8. The molecule has 8 nitrogen and oxygen atoms in total. The summed E-state index contributed by atoms with van der Waals surface area (Å²) in [6, 6.07) is 7.23. The van der Waals surface area contributed by atoms with Crippen LogP contribution in [0.25, 0.3) is 11.3 Å². The van der Waals surface area contributed by atoms with Gasteiger partial charge in [0.15, 0.2) is 17.4 Å². The molecule has 208 valence electrons. The van der Waals surface area contributed by atoms with Crippen LogP contribution in [0.5, 0.6) is 5.75 Å². The number of ether oxygens (including phenoxy) is 1. The van der Waals surface area contributed by atoms with Crippen LogP contribution >= 0.6 is 0 Å². The zero-order valence-corrected chi connectivity index (χ0v) is 22.6. The number of hydrogen-bond donors (Lipinski definition) is 1. The SMILES string of the molecule is CCC(C)N1CCOc2c(F)cc(-c3nc(Nc4ccc(CN5CCCCS5(=O)=O)c(F)c4)ncc3F)cc21. The van der Waals surface area contributed by atoms with E-state index in [1.807, 2.05) is 18.7 Å². The second-order valence-corrected chi connectivity index (χ2v) is 11.9. The van der Waals surface area contributed by atoms with E-state index in [1.165, 1.54) is 22.5 Å². The maximum absolute atomic E-state index is 15.0. The minimum absolute atomic E-state index is 0.00896. The monoisotopic (exact) mass is 561 g/mol. The van der Waals surface area contributed by atoms with Crippen LogP contribution in [-0.2, 0) is 16.6 Å². The largest absolute Gasteiger partial charge is 0.486 e. The van der Waals surface area contributed by atoms with Crippen molar-refractivity contribution in [3.8, 4) is 17.0 Å². The molecule has 1 aromatic heterocycles. The van der Waals surface area contributed by atoms with Gasteiger partial charge in [0.1, 0.15) is 18.1 Å². The minimum Gasteiger partial charge on any atom is -0.486 e. The van der Waals surface area contributed by atoms with Crippen LogP contribution in [0.4, 0.5) is 30.5 Å². The molecule has 2 aliphatic heterocycles. The van der Waals surface area contributed by atoms with Gasteiger partial charge in [-0.05, 0) is 50.5 Å². The highest BCUT2D eigenvalue weighted by Crippen LogP contribution is 2.39. The van der Waals surface area contributed by atoms with E-state index in [4.69, 9.17) is 4.74 Å². The summed E-state index contributed by atoms with van der Waals surface area (Å²) >= 11 is 0. The van der Waals surface area contributed by atoms with E-state index in [1.54, 1.807) is 12.1 Å². The topological polar surface area (TPSA) is 87.7 Å². The maximum atomic E-state index is 15.0. The molecule has 1 N–H and O–H groups in total. The van der Waals surface area contributed by atoms with Gasteiger partial charge in [0.05, 0.1) is 24.2 Å². The highest BCUT2D eigenvalue weighted by atomic mass is 32.2. The van der Waals surface area contributed by atoms with Gasteiger partial charge in [-0.25, -0.2) is 31.6 Å². The van der Waals surface area contributed by atoms with Crippen LogP contribution in [0.3, 0.4) is 0 Å². The molecule has 0 bridgehead atoms. The predicted octanol–water partition coefficient (Wildman–Crippen LogP) is 5.23. The molecule has 39 heavy (non-hydrogen) atoms. The third-order valence-corrected chi connectivity index (χ3v) is 9.06. The van der Waals surface area contributed by atoms with Crippen molar-refractivity contribution >= 4 is 27.3 Å². The summed E-state index contributed by atoms with van der Waals surface area (Å²) in [6.45, 7) is 5.31. The first kappa shape index (κ1) is 27.2. The number of benzene rings is 2. The number of nitrogens with one attached hydrogen (secondary N) is 1. The Morgan fingerprint density at radius 1 is 1.08 bits per heavy atom. The number of halogens is 3. The van der Waals surface area contributed by atoms with Crippen LogP contribution in [0.1, 0.15) is 38.7 Å². The van der Waals surface area contributed by atoms with Gasteiger partial charge < -0.3 is 15.0 Å². The number of anilines is 3. The molecular formula is C27H30F3N5O3S. The predicted molar refractivity (Wildman–Crippen MR) is 143 cm³/mol. The van der Waals surface area contributed by atoms with Crippen LogP contribution in [0.15, 0.2) is 36.5 Å². The lowest BCUT2D eigenvalue weighted by atomic mass is 10.1. The van der Waals surface area contributed by atoms with Gasteiger partial charge in [0, 0.05) is 35.9 Å². The van der Waals surface area contributed by atoms with Gasteiger partial charge in [0.2, 0.25) is 16.0 Å². The van der Waals surface area contributed by atoms with Crippen LogP contribution in [-0.4, -0.2) is 54.2 Å². The smallest absolute Gasteiger partial charge is 0.227 e. The highest BCUT2D eigenvalue weighted by molar-refractivity contribution is 7.89. The highest BCUT2D eigenvalue weighted by Gasteiger charge is 2.28. The molecule has 1 atom stereocenters. The van der Waals surface area contributed by atoms with Crippen LogP contribution in [0.2, 0.25) is 0 Å². The second-order valence-electron chi connectivity index (χ2n) is 9.78. The van der Waals surface area contributed by atoms with Crippen molar-refractivity contribution in [3.05, 3.63) is 59.5 Å². The number of hydrogen-bond acceptors (Lipinski definition) is 7. The molecule has 5 rings (SSSR count). The Balaban J connectivity index is 1.40. The third kappa shape index (κ3) is 5.67. The fourth-order valence-corrected chi connectivity index (χ4v) is 6.41. The lowest BCUT2D eigenvalue weighted by Gasteiger charge is -2.36. The molecular weight excluding hydrogens is 531 g/mol. The van der Waals surface area contributed by atoms with Gasteiger partial charge in [-0.3, -0.25) is 0 Å². The summed E-state index contributed by atoms with van der Waals surface area (Å²) < 4.78 is 76.1. The van der Waals surface area contributed by atoms with Crippen molar-refractivity contribution < 1.29 is 26.3 Å². The molecule has 0 radical (unpaired) electrons. The molecule has 2 aliphatic rings. The minimum atomic E-state index is -3.39. The van der Waals surface area contributed by atoms with Crippen molar-refractivity contribution in [1.29, 1.82) is 0 Å². The fraction of sp³-hybridized carbons (Fsp3) is 0.407. The van der Waals surface area contributed by atoms with Gasteiger partial charge in [-0.2, -0.15) is 4.31 Å². The van der Waals surface area contributed by atoms with Crippen LogP contribution < -0.4 is 15.0 Å². The molecule has 2 aromatic carbocycles. The van der Waals surface area contributed by atoms with E-state index in [9.17, 15) is 17.2 Å². The zero-order chi connectivity index (χ0) is 27.7. The van der Waals surface area contributed by atoms with Gasteiger partial charge >= 0.3 is 0 Å². The summed E-state index contributed by atoms with van der Waals surface area (Å²) in [5.74, 6) is -1.76. The molecule has 0 spiro atoms. The number of nitrogens with zero attached hydrogens (tertiary/aromatic N) is 4. The Bertz CT molecular complexity index is 1490. The van der Waals surface area contributed by atoms with Crippen molar-refractivity contribution in [2.45, 2.75) is 45.7 Å². The second kappa shape index (κ2) is 11.0. The standard InChI is InChI=1S/C27H30F3N5O3S/c1-3-17(2)35-9-10-38-26-22(29)12-19(13-24(26)35)25-23(30)15-31-27(33-25)32-20-7-6-18(21(28)14-20)16-34-8-4-5-11-39(34,36)37/h6-7,12-15,17H,3-5,8-11,16H2,1-2H3,(H,31,32,33). The van der Waals surface area contributed by atoms with Gasteiger partial charge in [-0.1, -0.05) is 13.0 Å². The average molecular weight is 562 g/mol. The normalized spacial score (nSPS) is 17.8. The molecule has 1 fully saturated rings. The molecule has 1 saturated heterocycles.